The van der Waals surface area contributed by atoms with Crippen LogP contribution in [0.1, 0.15) is 16.8 Å². The Labute approximate surface area is 121 Å². The highest BCUT2D eigenvalue weighted by Crippen LogP contribution is 2.11. The van der Waals surface area contributed by atoms with E-state index in [1.54, 1.807) is 0 Å². The van der Waals surface area contributed by atoms with E-state index in [-0.39, 0.29) is 29.3 Å². The van der Waals surface area contributed by atoms with Gasteiger partial charge in [-0.05, 0) is 12.5 Å². The summed E-state index contributed by atoms with van der Waals surface area (Å²) in [5.74, 6) is -1.12. The molecule has 2 N–H and O–H groups in total. The molecule has 1 aliphatic heterocycles. The number of hydrogen-bond donors (Lipinski definition) is 2. The number of carbonyl (C=O) groups excluding carboxylic acids is 1. The maximum atomic E-state index is 12.1. The van der Waals surface area contributed by atoms with Gasteiger partial charge >= 0.3 is 12.0 Å². The van der Waals surface area contributed by atoms with Crippen molar-refractivity contribution in [3.63, 3.8) is 0 Å². The van der Waals surface area contributed by atoms with Gasteiger partial charge in [-0.3, -0.25) is 4.98 Å². The van der Waals surface area contributed by atoms with Gasteiger partial charge in [-0.15, -0.1) is 0 Å². The van der Waals surface area contributed by atoms with Gasteiger partial charge in [0.25, 0.3) is 0 Å². The third kappa shape index (κ3) is 4.15. The first kappa shape index (κ1) is 15.2. The molecule has 1 aliphatic rings. The minimum Gasteiger partial charge on any atom is -0.478 e. The SMILES string of the molecule is O=C(O)c1cncc(NC(=O)N2CCCS(=O)(=O)CC2)c1. The lowest BCUT2D eigenvalue weighted by Gasteiger charge is -2.20. The Hall–Kier alpha value is -2.16. The molecule has 9 heteroatoms. The van der Waals surface area contributed by atoms with E-state index in [4.69, 9.17) is 5.11 Å². The highest BCUT2D eigenvalue weighted by Gasteiger charge is 2.22. The maximum absolute atomic E-state index is 12.1. The number of aromatic nitrogens is 1. The Morgan fingerprint density at radius 2 is 2.00 bits per heavy atom. The maximum Gasteiger partial charge on any atom is 0.337 e. The molecule has 0 atom stereocenters. The summed E-state index contributed by atoms with van der Waals surface area (Å²) in [6.45, 7) is 0.470. The number of sulfone groups is 1. The zero-order chi connectivity index (χ0) is 15.5. The summed E-state index contributed by atoms with van der Waals surface area (Å²) in [5.41, 5.74) is 0.221. The van der Waals surface area contributed by atoms with Crippen LogP contribution in [0.5, 0.6) is 0 Å². The van der Waals surface area contributed by atoms with Crippen LogP contribution in [-0.4, -0.2) is 60.0 Å². The molecule has 2 amide bonds. The monoisotopic (exact) mass is 313 g/mol. The number of amides is 2. The van der Waals surface area contributed by atoms with Crippen LogP contribution in [0, 0.1) is 0 Å². The second-order valence-electron chi connectivity index (χ2n) is 4.69. The highest BCUT2D eigenvalue weighted by atomic mass is 32.2. The van der Waals surface area contributed by atoms with Crippen LogP contribution >= 0.6 is 0 Å². The first-order valence-corrected chi connectivity index (χ1v) is 8.14. The van der Waals surface area contributed by atoms with Crippen molar-refractivity contribution in [2.45, 2.75) is 6.42 Å². The second kappa shape index (κ2) is 6.08. The fourth-order valence-corrected chi connectivity index (χ4v) is 3.24. The van der Waals surface area contributed by atoms with Gasteiger partial charge in [-0.25, -0.2) is 18.0 Å². The van der Waals surface area contributed by atoms with E-state index in [9.17, 15) is 18.0 Å². The van der Waals surface area contributed by atoms with E-state index in [1.807, 2.05) is 0 Å². The van der Waals surface area contributed by atoms with Gasteiger partial charge in [0.05, 0.1) is 29.0 Å². The molecule has 1 aromatic rings. The minimum absolute atomic E-state index is 0.0359. The average Bonchev–Trinajstić information content (AvgIpc) is 2.60. The Balaban J connectivity index is 2.04. The molecular formula is C12H15N3O5S. The van der Waals surface area contributed by atoms with Gasteiger partial charge in [0, 0.05) is 19.3 Å². The van der Waals surface area contributed by atoms with Crippen molar-refractivity contribution in [2.24, 2.45) is 0 Å². The number of nitrogens with one attached hydrogen (secondary N) is 1. The van der Waals surface area contributed by atoms with Crippen molar-refractivity contribution in [3.05, 3.63) is 24.0 Å². The molecular weight excluding hydrogens is 298 g/mol. The first-order chi connectivity index (χ1) is 9.87. The summed E-state index contributed by atoms with van der Waals surface area (Å²) < 4.78 is 23.0. The van der Waals surface area contributed by atoms with Crippen molar-refractivity contribution < 1.29 is 23.1 Å². The van der Waals surface area contributed by atoms with Crippen LogP contribution in [0.4, 0.5) is 10.5 Å². The van der Waals surface area contributed by atoms with E-state index in [0.717, 1.165) is 0 Å². The summed E-state index contributed by atoms with van der Waals surface area (Å²) in [4.78, 5) is 28.0. The summed E-state index contributed by atoms with van der Waals surface area (Å²) in [6, 6.07) is 0.832. The quantitative estimate of drug-likeness (QED) is 0.818. The normalized spacial score (nSPS) is 17.8. The molecule has 0 bridgehead atoms. The third-order valence-corrected chi connectivity index (χ3v) is 4.79. The lowest BCUT2D eigenvalue weighted by molar-refractivity contribution is 0.0696. The molecule has 2 rings (SSSR count). The number of anilines is 1. The summed E-state index contributed by atoms with van der Waals surface area (Å²) in [7, 11) is -3.09. The minimum atomic E-state index is -3.09. The van der Waals surface area contributed by atoms with Crippen molar-refractivity contribution in [1.82, 2.24) is 9.88 Å². The molecule has 8 nitrogen and oxygen atoms in total. The molecule has 0 radical (unpaired) electrons. The predicted octanol–water partition coefficient (Wildman–Crippen LogP) is 0.432. The molecule has 2 heterocycles. The number of urea groups is 1. The van der Waals surface area contributed by atoms with Gasteiger partial charge in [-0.1, -0.05) is 0 Å². The fraction of sp³-hybridized carbons (Fsp3) is 0.417. The van der Waals surface area contributed by atoms with Crippen LogP contribution in [0.2, 0.25) is 0 Å². The molecule has 1 saturated heterocycles. The van der Waals surface area contributed by atoms with Gasteiger partial charge < -0.3 is 15.3 Å². The molecule has 114 valence electrons. The number of nitrogens with zero attached hydrogens (tertiary/aromatic N) is 2. The van der Waals surface area contributed by atoms with Crippen LogP contribution in [0.3, 0.4) is 0 Å². The number of carboxylic acid groups (broad SMARTS) is 1. The molecule has 0 spiro atoms. The van der Waals surface area contributed by atoms with Crippen LogP contribution in [-0.2, 0) is 9.84 Å². The predicted molar refractivity (Wildman–Crippen MR) is 75.1 cm³/mol. The number of rotatable bonds is 2. The van der Waals surface area contributed by atoms with Crippen LogP contribution in [0.15, 0.2) is 18.5 Å². The van der Waals surface area contributed by atoms with E-state index < -0.39 is 21.8 Å². The van der Waals surface area contributed by atoms with E-state index in [1.165, 1.54) is 23.4 Å². The summed E-state index contributed by atoms with van der Waals surface area (Å²) in [6.07, 6.45) is 2.90. The zero-order valence-corrected chi connectivity index (χ0v) is 12.0. The fourth-order valence-electron chi connectivity index (χ4n) is 1.97. The number of pyridine rings is 1. The lowest BCUT2D eigenvalue weighted by Crippen LogP contribution is -2.37. The Morgan fingerprint density at radius 3 is 2.71 bits per heavy atom. The van der Waals surface area contributed by atoms with Crippen LogP contribution in [0.25, 0.3) is 0 Å². The van der Waals surface area contributed by atoms with E-state index >= 15 is 0 Å². The number of aromatic carboxylic acids is 1. The van der Waals surface area contributed by atoms with Gasteiger partial charge in [0.1, 0.15) is 0 Å². The van der Waals surface area contributed by atoms with Crippen LogP contribution < -0.4 is 5.32 Å². The van der Waals surface area contributed by atoms with Gasteiger partial charge in [0.2, 0.25) is 0 Å². The number of hydrogen-bond acceptors (Lipinski definition) is 5. The standard InChI is InChI=1S/C12H15N3O5S/c16-11(17)9-6-10(8-13-7-9)14-12(18)15-2-1-4-21(19,20)5-3-15/h6-8H,1-5H2,(H,14,18)(H,16,17). The van der Waals surface area contributed by atoms with Crippen molar-refractivity contribution >= 4 is 27.5 Å². The molecule has 0 aliphatic carbocycles. The second-order valence-corrected chi connectivity index (χ2v) is 6.99. The van der Waals surface area contributed by atoms with E-state index in [2.05, 4.69) is 10.3 Å². The zero-order valence-electron chi connectivity index (χ0n) is 11.2. The number of carbonyl (C=O) groups is 2. The molecule has 0 aromatic carbocycles. The summed E-state index contributed by atoms with van der Waals surface area (Å²) >= 11 is 0. The lowest BCUT2D eigenvalue weighted by atomic mass is 10.2. The molecule has 0 unspecified atom stereocenters. The van der Waals surface area contributed by atoms with Gasteiger partial charge in [-0.2, -0.15) is 0 Å². The average molecular weight is 313 g/mol. The Morgan fingerprint density at radius 1 is 1.24 bits per heavy atom. The molecule has 1 aromatic heterocycles. The summed E-state index contributed by atoms with van der Waals surface area (Å²) in [5, 5.41) is 11.4. The van der Waals surface area contributed by atoms with Crippen molar-refractivity contribution in [1.29, 1.82) is 0 Å². The van der Waals surface area contributed by atoms with Crippen molar-refractivity contribution in [3.8, 4) is 0 Å². The Bertz CT molecular complexity index is 659. The first-order valence-electron chi connectivity index (χ1n) is 6.32. The molecule has 0 saturated carbocycles. The third-order valence-electron chi connectivity index (χ3n) is 3.08. The molecule has 1 fully saturated rings. The molecule has 21 heavy (non-hydrogen) atoms. The van der Waals surface area contributed by atoms with E-state index in [0.29, 0.717) is 13.0 Å². The Kier molecular flexibility index (Phi) is 4.41. The number of carboxylic acids is 1. The topological polar surface area (TPSA) is 117 Å². The largest absolute Gasteiger partial charge is 0.478 e. The highest BCUT2D eigenvalue weighted by molar-refractivity contribution is 7.91. The van der Waals surface area contributed by atoms with Gasteiger partial charge in [0.15, 0.2) is 9.84 Å². The smallest absolute Gasteiger partial charge is 0.337 e. The van der Waals surface area contributed by atoms with Crippen molar-refractivity contribution in [2.75, 3.05) is 29.9 Å².